The molecular weight excluding hydrogens is 409 g/mol. The second-order valence-electron chi connectivity index (χ2n) is 4.56. The Balaban J connectivity index is 2.09. The fraction of sp³-hybridized carbons (Fsp3) is 0.462. The maximum Gasteiger partial charge on any atom is 0.252 e. The van der Waals surface area contributed by atoms with E-state index < -0.39 is 6.10 Å². The average molecular weight is 424 g/mol. The van der Waals surface area contributed by atoms with Crippen LogP contribution in [0.4, 0.5) is 0 Å². The van der Waals surface area contributed by atoms with Crippen LogP contribution in [-0.2, 0) is 0 Å². The minimum absolute atomic E-state index is 0.105. The van der Waals surface area contributed by atoms with E-state index in [1.54, 1.807) is 0 Å². The Bertz CT molecular complexity index is 453. The molecule has 0 aromatic heterocycles. The molecule has 0 heterocycles. The summed E-state index contributed by atoms with van der Waals surface area (Å²) in [6.07, 6.45) is 3.34. The highest BCUT2D eigenvalue weighted by atomic mass is 127. The van der Waals surface area contributed by atoms with Gasteiger partial charge in [0.2, 0.25) is 0 Å². The molecule has 0 radical (unpaired) electrons. The zero-order valence-electron chi connectivity index (χ0n) is 9.83. The van der Waals surface area contributed by atoms with Gasteiger partial charge in [-0.3, -0.25) is 4.79 Å². The van der Waals surface area contributed by atoms with Crippen LogP contribution in [0.5, 0.6) is 0 Å². The number of halogens is 2. The smallest absolute Gasteiger partial charge is 0.252 e. The molecule has 1 aromatic rings. The molecule has 0 bridgehead atoms. The summed E-state index contributed by atoms with van der Waals surface area (Å²) < 4.78 is 1.80. The maximum atomic E-state index is 12.2. The predicted octanol–water partition coefficient (Wildman–Crippen LogP) is 3.09. The van der Waals surface area contributed by atoms with Crippen LogP contribution < -0.4 is 5.32 Å². The average Bonchev–Trinajstić information content (AvgIpc) is 2.35. The molecule has 0 aliphatic heterocycles. The van der Waals surface area contributed by atoms with E-state index in [0.29, 0.717) is 5.56 Å². The van der Waals surface area contributed by atoms with Crippen molar-refractivity contribution in [3.8, 4) is 0 Å². The fourth-order valence-corrected chi connectivity index (χ4v) is 3.14. The molecule has 0 spiro atoms. The van der Waals surface area contributed by atoms with Gasteiger partial charge in [0, 0.05) is 8.04 Å². The highest BCUT2D eigenvalue weighted by molar-refractivity contribution is 14.1. The first-order valence-corrected chi connectivity index (χ1v) is 7.89. The summed E-state index contributed by atoms with van der Waals surface area (Å²) in [5, 5.41) is 12.8. The van der Waals surface area contributed by atoms with Crippen LogP contribution in [0.1, 0.15) is 36.0 Å². The summed E-state index contributed by atoms with van der Waals surface area (Å²) in [5.74, 6) is -0.105. The van der Waals surface area contributed by atoms with Crippen LogP contribution in [0.25, 0.3) is 0 Å². The number of amides is 1. The number of hydrogen-bond acceptors (Lipinski definition) is 2. The molecule has 2 rings (SSSR count). The third-order valence-electron chi connectivity index (χ3n) is 3.22. The lowest BCUT2D eigenvalue weighted by molar-refractivity contribution is 0.0716. The van der Waals surface area contributed by atoms with Crippen LogP contribution in [0.15, 0.2) is 22.7 Å². The lowest BCUT2D eigenvalue weighted by atomic mass is 9.92. The Morgan fingerprint density at radius 2 is 2.11 bits per heavy atom. The van der Waals surface area contributed by atoms with Crippen molar-refractivity contribution in [1.29, 1.82) is 0 Å². The van der Waals surface area contributed by atoms with E-state index in [4.69, 9.17) is 0 Å². The minimum Gasteiger partial charge on any atom is -0.391 e. The SMILES string of the molecule is O=C(NC1CCCCC1O)c1cc(Br)ccc1I. The second kappa shape index (κ2) is 6.34. The monoisotopic (exact) mass is 423 g/mol. The standard InChI is InChI=1S/C13H15BrINO2/c14-8-5-6-10(15)9(7-8)13(18)16-11-3-1-2-4-12(11)17/h5-7,11-12,17H,1-4H2,(H,16,18). The molecule has 2 N–H and O–H groups in total. The molecule has 0 saturated heterocycles. The molecule has 1 aliphatic rings. The van der Waals surface area contributed by atoms with Gasteiger partial charge in [-0.15, -0.1) is 0 Å². The number of nitrogens with one attached hydrogen (secondary N) is 1. The molecule has 1 saturated carbocycles. The van der Waals surface area contributed by atoms with E-state index in [9.17, 15) is 9.90 Å². The number of hydrogen-bond donors (Lipinski definition) is 2. The number of rotatable bonds is 2. The largest absolute Gasteiger partial charge is 0.391 e. The van der Waals surface area contributed by atoms with Crippen LogP contribution in [-0.4, -0.2) is 23.2 Å². The van der Waals surface area contributed by atoms with E-state index in [-0.39, 0.29) is 11.9 Å². The molecule has 1 aromatic carbocycles. The zero-order chi connectivity index (χ0) is 13.1. The Morgan fingerprint density at radius 3 is 2.83 bits per heavy atom. The van der Waals surface area contributed by atoms with Gasteiger partial charge in [0.1, 0.15) is 0 Å². The zero-order valence-corrected chi connectivity index (χ0v) is 13.6. The Labute approximate surface area is 129 Å². The van der Waals surface area contributed by atoms with Crippen molar-refractivity contribution >= 4 is 44.4 Å². The van der Waals surface area contributed by atoms with Gasteiger partial charge in [0.25, 0.3) is 5.91 Å². The number of aliphatic hydroxyl groups is 1. The van der Waals surface area contributed by atoms with E-state index in [0.717, 1.165) is 33.7 Å². The maximum absolute atomic E-state index is 12.2. The molecule has 1 fully saturated rings. The quantitative estimate of drug-likeness (QED) is 0.718. The van der Waals surface area contributed by atoms with Crippen molar-refractivity contribution in [3.05, 3.63) is 31.8 Å². The highest BCUT2D eigenvalue weighted by Gasteiger charge is 2.25. The molecule has 5 heteroatoms. The minimum atomic E-state index is -0.410. The number of carbonyl (C=O) groups excluding carboxylic acids is 1. The lowest BCUT2D eigenvalue weighted by Crippen LogP contribution is -2.45. The van der Waals surface area contributed by atoms with Crippen LogP contribution in [0, 0.1) is 3.57 Å². The van der Waals surface area contributed by atoms with Crippen LogP contribution >= 0.6 is 38.5 Å². The Hall–Kier alpha value is -0.140. The summed E-state index contributed by atoms with van der Waals surface area (Å²) in [7, 11) is 0. The first-order chi connectivity index (χ1) is 8.58. The summed E-state index contributed by atoms with van der Waals surface area (Å²) in [6, 6.07) is 5.51. The molecule has 2 atom stereocenters. The van der Waals surface area contributed by atoms with Crippen molar-refractivity contribution in [1.82, 2.24) is 5.32 Å². The summed E-state index contributed by atoms with van der Waals surface area (Å²) in [4.78, 5) is 12.2. The molecule has 98 valence electrons. The van der Waals surface area contributed by atoms with Gasteiger partial charge in [0.05, 0.1) is 17.7 Å². The molecule has 1 aliphatic carbocycles. The Kier molecular flexibility index (Phi) is 5.03. The fourth-order valence-electron chi connectivity index (χ4n) is 2.20. The number of carbonyl (C=O) groups is 1. The van der Waals surface area contributed by atoms with Crippen molar-refractivity contribution in [2.75, 3.05) is 0 Å². The third-order valence-corrected chi connectivity index (χ3v) is 4.65. The van der Waals surface area contributed by atoms with Gasteiger partial charge in [-0.05, 0) is 53.6 Å². The number of benzene rings is 1. The van der Waals surface area contributed by atoms with Gasteiger partial charge in [-0.1, -0.05) is 28.8 Å². The first-order valence-electron chi connectivity index (χ1n) is 6.02. The van der Waals surface area contributed by atoms with Crippen molar-refractivity contribution in [3.63, 3.8) is 0 Å². The topological polar surface area (TPSA) is 49.3 Å². The first kappa shape index (κ1) is 14.3. The van der Waals surface area contributed by atoms with Crippen molar-refractivity contribution in [2.45, 2.75) is 37.8 Å². The summed E-state index contributed by atoms with van der Waals surface area (Å²) in [6.45, 7) is 0. The lowest BCUT2D eigenvalue weighted by Gasteiger charge is -2.28. The van der Waals surface area contributed by atoms with Crippen LogP contribution in [0.2, 0.25) is 0 Å². The highest BCUT2D eigenvalue weighted by Crippen LogP contribution is 2.21. The second-order valence-corrected chi connectivity index (χ2v) is 6.63. The third kappa shape index (κ3) is 3.45. The van der Waals surface area contributed by atoms with Crippen molar-refractivity contribution < 1.29 is 9.90 Å². The summed E-state index contributed by atoms with van der Waals surface area (Å²) in [5.41, 5.74) is 0.655. The molecular formula is C13H15BrINO2. The predicted molar refractivity (Wildman–Crippen MR) is 82.6 cm³/mol. The molecule has 3 nitrogen and oxygen atoms in total. The molecule has 18 heavy (non-hydrogen) atoms. The van der Waals surface area contributed by atoms with Crippen molar-refractivity contribution in [2.24, 2.45) is 0 Å². The van der Waals surface area contributed by atoms with Crippen LogP contribution in [0.3, 0.4) is 0 Å². The van der Waals surface area contributed by atoms with Gasteiger partial charge in [-0.25, -0.2) is 0 Å². The van der Waals surface area contributed by atoms with Gasteiger partial charge in [0.15, 0.2) is 0 Å². The number of aliphatic hydroxyl groups excluding tert-OH is 1. The normalized spacial score (nSPS) is 23.7. The van der Waals surface area contributed by atoms with Gasteiger partial charge < -0.3 is 10.4 Å². The van der Waals surface area contributed by atoms with E-state index >= 15 is 0 Å². The van der Waals surface area contributed by atoms with E-state index in [1.807, 2.05) is 18.2 Å². The summed E-state index contributed by atoms with van der Waals surface area (Å²) >= 11 is 5.52. The Morgan fingerprint density at radius 1 is 1.39 bits per heavy atom. The van der Waals surface area contributed by atoms with Gasteiger partial charge in [-0.2, -0.15) is 0 Å². The molecule has 2 unspecified atom stereocenters. The van der Waals surface area contributed by atoms with E-state index in [1.165, 1.54) is 0 Å². The van der Waals surface area contributed by atoms with E-state index in [2.05, 4.69) is 43.8 Å². The van der Waals surface area contributed by atoms with Gasteiger partial charge >= 0.3 is 0 Å². The molecule has 1 amide bonds.